The summed E-state index contributed by atoms with van der Waals surface area (Å²) in [6.45, 7) is 1.91. The van der Waals surface area contributed by atoms with Crippen LogP contribution in [-0.4, -0.2) is 53.2 Å². The lowest BCUT2D eigenvalue weighted by atomic mass is 10.0. The van der Waals surface area contributed by atoms with E-state index in [9.17, 15) is 15.0 Å². The number of nitrogens with zero attached hydrogens (tertiary/aromatic N) is 1. The van der Waals surface area contributed by atoms with E-state index in [2.05, 4.69) is 10.2 Å². The molecule has 116 valence electrons. The minimum absolute atomic E-state index is 0.149. The van der Waals surface area contributed by atoms with E-state index in [1.54, 1.807) is 6.07 Å². The highest BCUT2D eigenvalue weighted by molar-refractivity contribution is 5.82. The fourth-order valence-electron chi connectivity index (χ4n) is 2.64. The number of piperidine rings is 1. The molecule has 6 heteroatoms. The van der Waals surface area contributed by atoms with Crippen LogP contribution in [0.3, 0.4) is 0 Å². The molecule has 1 aromatic rings. The summed E-state index contributed by atoms with van der Waals surface area (Å²) in [6.07, 6.45) is 2.37. The lowest BCUT2D eigenvalue weighted by Crippen LogP contribution is -2.51. The van der Waals surface area contributed by atoms with Crippen molar-refractivity contribution in [2.24, 2.45) is 5.73 Å². The quantitative estimate of drug-likeness (QED) is 0.594. The Bertz CT molecular complexity index is 507. The number of phenolic OH excluding ortho intramolecular Hbond substituents is 2. The summed E-state index contributed by atoms with van der Waals surface area (Å²) in [4.78, 5) is 14.3. The molecule has 5 N–H and O–H groups in total. The number of likely N-dealkylation sites (N-methyl/N-ethyl adjacent to an activating group) is 1. The molecule has 1 amide bonds. The number of rotatable bonds is 4. The van der Waals surface area contributed by atoms with Gasteiger partial charge in [-0.1, -0.05) is 6.07 Å². The number of nitrogens with one attached hydrogen (secondary N) is 1. The highest BCUT2D eigenvalue weighted by atomic mass is 16.3. The number of benzene rings is 1. The molecule has 0 aliphatic carbocycles. The fourth-order valence-corrected chi connectivity index (χ4v) is 2.64. The lowest BCUT2D eigenvalue weighted by Gasteiger charge is -2.30. The summed E-state index contributed by atoms with van der Waals surface area (Å²) < 4.78 is 0. The number of hydrogen-bond acceptors (Lipinski definition) is 5. The third-order valence-electron chi connectivity index (χ3n) is 3.80. The molecule has 1 saturated heterocycles. The SMILES string of the molecule is CN1CCCC(NC(=O)[C@@H](N)Cc2ccc(O)c(O)c2)C1. The average molecular weight is 293 g/mol. The molecule has 1 unspecified atom stereocenters. The molecule has 0 aromatic heterocycles. The minimum Gasteiger partial charge on any atom is -0.504 e. The molecule has 21 heavy (non-hydrogen) atoms. The maximum absolute atomic E-state index is 12.1. The van der Waals surface area contributed by atoms with Gasteiger partial charge in [-0.15, -0.1) is 0 Å². The van der Waals surface area contributed by atoms with Gasteiger partial charge in [-0.05, 0) is 50.6 Å². The topological polar surface area (TPSA) is 98.8 Å². The van der Waals surface area contributed by atoms with E-state index in [0.29, 0.717) is 12.0 Å². The van der Waals surface area contributed by atoms with Crippen LogP contribution in [0.2, 0.25) is 0 Å². The summed E-state index contributed by atoms with van der Waals surface area (Å²) in [5, 5.41) is 21.7. The van der Waals surface area contributed by atoms with Gasteiger partial charge in [-0.2, -0.15) is 0 Å². The van der Waals surface area contributed by atoms with E-state index in [-0.39, 0.29) is 23.4 Å². The predicted molar refractivity (Wildman–Crippen MR) is 80.1 cm³/mol. The third kappa shape index (κ3) is 4.34. The zero-order valence-corrected chi connectivity index (χ0v) is 12.2. The van der Waals surface area contributed by atoms with Crippen LogP contribution >= 0.6 is 0 Å². The molecule has 0 saturated carbocycles. The van der Waals surface area contributed by atoms with Crippen LogP contribution in [0.15, 0.2) is 18.2 Å². The van der Waals surface area contributed by atoms with E-state index in [0.717, 1.165) is 25.9 Å². The Balaban J connectivity index is 1.88. The maximum atomic E-state index is 12.1. The first-order valence-electron chi connectivity index (χ1n) is 7.21. The molecule has 1 heterocycles. The van der Waals surface area contributed by atoms with Crippen molar-refractivity contribution >= 4 is 5.91 Å². The predicted octanol–water partition coefficient (Wildman–Crippen LogP) is 0.178. The Morgan fingerprint density at radius 2 is 2.24 bits per heavy atom. The summed E-state index contributed by atoms with van der Waals surface area (Å²) in [6, 6.07) is 3.95. The van der Waals surface area contributed by atoms with Gasteiger partial charge in [0.15, 0.2) is 11.5 Å². The Morgan fingerprint density at radius 3 is 2.90 bits per heavy atom. The van der Waals surface area contributed by atoms with Crippen molar-refractivity contribution in [3.8, 4) is 11.5 Å². The summed E-state index contributed by atoms with van der Waals surface area (Å²) in [5.74, 6) is -0.557. The van der Waals surface area contributed by atoms with Gasteiger partial charge in [-0.25, -0.2) is 0 Å². The molecule has 1 fully saturated rings. The van der Waals surface area contributed by atoms with Crippen molar-refractivity contribution in [3.63, 3.8) is 0 Å². The van der Waals surface area contributed by atoms with Crippen LogP contribution in [0, 0.1) is 0 Å². The first kappa shape index (κ1) is 15.6. The number of phenols is 2. The largest absolute Gasteiger partial charge is 0.504 e. The second-order valence-corrected chi connectivity index (χ2v) is 5.74. The molecule has 0 radical (unpaired) electrons. The van der Waals surface area contributed by atoms with E-state index in [4.69, 9.17) is 5.73 Å². The van der Waals surface area contributed by atoms with Crippen LogP contribution in [0.5, 0.6) is 11.5 Å². The molecule has 6 nitrogen and oxygen atoms in total. The number of carbonyl (C=O) groups is 1. The fraction of sp³-hybridized carbons (Fsp3) is 0.533. The van der Waals surface area contributed by atoms with Gasteiger partial charge in [0.2, 0.25) is 5.91 Å². The summed E-state index contributed by atoms with van der Waals surface area (Å²) in [5.41, 5.74) is 6.64. The first-order chi connectivity index (χ1) is 9.95. The number of aromatic hydroxyl groups is 2. The Labute approximate surface area is 124 Å². The standard InChI is InChI=1S/C15H23N3O3/c1-18-6-2-3-11(9-18)17-15(21)12(16)7-10-4-5-13(19)14(20)8-10/h4-5,8,11-12,19-20H,2-3,6-7,9,16H2,1H3,(H,17,21)/t11?,12-/m0/s1. The van der Waals surface area contributed by atoms with Crippen LogP contribution < -0.4 is 11.1 Å². The second kappa shape index (κ2) is 6.78. The lowest BCUT2D eigenvalue weighted by molar-refractivity contribution is -0.123. The second-order valence-electron chi connectivity index (χ2n) is 5.74. The average Bonchev–Trinajstić information content (AvgIpc) is 2.43. The van der Waals surface area contributed by atoms with Gasteiger partial charge in [0.05, 0.1) is 6.04 Å². The maximum Gasteiger partial charge on any atom is 0.237 e. The highest BCUT2D eigenvalue weighted by Gasteiger charge is 2.22. The van der Waals surface area contributed by atoms with Crippen molar-refractivity contribution in [2.45, 2.75) is 31.3 Å². The molecule has 0 spiro atoms. The number of carbonyl (C=O) groups excluding carboxylic acids is 1. The van der Waals surface area contributed by atoms with E-state index in [1.807, 2.05) is 7.05 Å². The van der Waals surface area contributed by atoms with Crippen molar-refractivity contribution in [2.75, 3.05) is 20.1 Å². The Kier molecular flexibility index (Phi) is 5.03. The molecule has 2 rings (SSSR count). The van der Waals surface area contributed by atoms with Crippen LogP contribution in [0.25, 0.3) is 0 Å². The molecule has 1 aliphatic rings. The zero-order valence-electron chi connectivity index (χ0n) is 12.2. The van der Waals surface area contributed by atoms with Gasteiger partial charge >= 0.3 is 0 Å². The van der Waals surface area contributed by atoms with Crippen LogP contribution in [0.1, 0.15) is 18.4 Å². The van der Waals surface area contributed by atoms with E-state index >= 15 is 0 Å². The molecule has 2 atom stereocenters. The van der Waals surface area contributed by atoms with Crippen LogP contribution in [0.4, 0.5) is 0 Å². The molecule has 1 aliphatic heterocycles. The molecular weight excluding hydrogens is 270 g/mol. The monoisotopic (exact) mass is 293 g/mol. The van der Waals surface area contributed by atoms with Crippen molar-refractivity contribution in [1.82, 2.24) is 10.2 Å². The summed E-state index contributed by atoms with van der Waals surface area (Å²) in [7, 11) is 2.04. The number of hydrogen-bond donors (Lipinski definition) is 4. The highest BCUT2D eigenvalue weighted by Crippen LogP contribution is 2.25. The van der Waals surface area contributed by atoms with Gasteiger partial charge < -0.3 is 26.2 Å². The van der Waals surface area contributed by atoms with Crippen molar-refractivity contribution < 1.29 is 15.0 Å². The van der Waals surface area contributed by atoms with E-state index in [1.165, 1.54) is 12.1 Å². The molecular formula is C15H23N3O3. The normalized spacial score (nSPS) is 21.0. The van der Waals surface area contributed by atoms with Crippen molar-refractivity contribution in [3.05, 3.63) is 23.8 Å². The first-order valence-corrected chi connectivity index (χ1v) is 7.21. The number of nitrogens with two attached hydrogens (primary N) is 1. The van der Waals surface area contributed by atoms with Gasteiger partial charge in [0, 0.05) is 12.6 Å². The Hall–Kier alpha value is -1.79. The zero-order chi connectivity index (χ0) is 15.4. The third-order valence-corrected chi connectivity index (χ3v) is 3.80. The molecule has 0 bridgehead atoms. The smallest absolute Gasteiger partial charge is 0.237 e. The van der Waals surface area contributed by atoms with Crippen LogP contribution in [-0.2, 0) is 11.2 Å². The van der Waals surface area contributed by atoms with Crippen molar-refractivity contribution in [1.29, 1.82) is 0 Å². The Morgan fingerprint density at radius 1 is 1.48 bits per heavy atom. The van der Waals surface area contributed by atoms with Gasteiger partial charge in [0.1, 0.15) is 0 Å². The van der Waals surface area contributed by atoms with Gasteiger partial charge in [0.25, 0.3) is 0 Å². The molecule has 1 aromatic carbocycles. The van der Waals surface area contributed by atoms with Gasteiger partial charge in [-0.3, -0.25) is 4.79 Å². The summed E-state index contributed by atoms with van der Waals surface area (Å²) >= 11 is 0. The van der Waals surface area contributed by atoms with E-state index < -0.39 is 6.04 Å². The minimum atomic E-state index is -0.666. The number of amides is 1. The number of likely N-dealkylation sites (tertiary alicyclic amines) is 1.